The highest BCUT2D eigenvalue weighted by Crippen LogP contribution is 2.27. The van der Waals surface area contributed by atoms with Gasteiger partial charge in [-0.25, -0.2) is 13.1 Å². The van der Waals surface area contributed by atoms with Crippen LogP contribution in [0.15, 0.2) is 0 Å². The van der Waals surface area contributed by atoms with Crippen molar-refractivity contribution in [2.75, 3.05) is 18.8 Å². The standard InChI is InChI=1S/C11H22N2O2S/c1-9-6-11(7-9)13-16(14,15)8-10-2-4-12-5-3-10/h9-13H,2-8H2,1H3. The van der Waals surface area contributed by atoms with Gasteiger partial charge in [0.25, 0.3) is 0 Å². The first kappa shape index (κ1) is 12.3. The molecule has 0 atom stereocenters. The van der Waals surface area contributed by atoms with Crippen LogP contribution in [0.2, 0.25) is 0 Å². The maximum absolute atomic E-state index is 11.9. The summed E-state index contributed by atoms with van der Waals surface area (Å²) < 4.78 is 26.6. The number of rotatable bonds is 4. The molecular weight excluding hydrogens is 224 g/mol. The molecular formula is C11H22N2O2S. The minimum absolute atomic E-state index is 0.210. The van der Waals surface area contributed by atoms with E-state index in [1.807, 2.05) is 0 Å². The lowest BCUT2D eigenvalue weighted by molar-refractivity contribution is 0.269. The van der Waals surface area contributed by atoms with Gasteiger partial charge in [0.15, 0.2) is 0 Å². The Morgan fingerprint density at radius 2 is 1.88 bits per heavy atom. The topological polar surface area (TPSA) is 58.2 Å². The molecule has 2 rings (SSSR count). The van der Waals surface area contributed by atoms with Crippen molar-refractivity contribution < 1.29 is 8.42 Å². The summed E-state index contributed by atoms with van der Waals surface area (Å²) in [6.45, 7) is 4.08. The summed E-state index contributed by atoms with van der Waals surface area (Å²) in [5.41, 5.74) is 0. The molecule has 2 aliphatic rings. The molecule has 0 aromatic rings. The maximum Gasteiger partial charge on any atom is 0.212 e. The van der Waals surface area contributed by atoms with Crippen molar-refractivity contribution >= 4 is 10.0 Å². The van der Waals surface area contributed by atoms with Crippen LogP contribution in [-0.2, 0) is 10.0 Å². The number of hydrogen-bond donors (Lipinski definition) is 2. The minimum Gasteiger partial charge on any atom is -0.317 e. The summed E-state index contributed by atoms with van der Waals surface area (Å²) in [6.07, 6.45) is 3.99. The normalized spacial score (nSPS) is 32.3. The van der Waals surface area contributed by atoms with E-state index in [4.69, 9.17) is 0 Å². The van der Waals surface area contributed by atoms with E-state index in [2.05, 4.69) is 17.0 Å². The molecule has 16 heavy (non-hydrogen) atoms. The van der Waals surface area contributed by atoms with Gasteiger partial charge >= 0.3 is 0 Å². The molecule has 2 N–H and O–H groups in total. The van der Waals surface area contributed by atoms with E-state index in [9.17, 15) is 8.42 Å². The quantitative estimate of drug-likeness (QED) is 0.768. The summed E-state index contributed by atoms with van der Waals surface area (Å²) in [6, 6.07) is 0.210. The van der Waals surface area contributed by atoms with E-state index in [-0.39, 0.29) is 6.04 Å². The minimum atomic E-state index is -3.04. The van der Waals surface area contributed by atoms with Gasteiger partial charge in [-0.15, -0.1) is 0 Å². The van der Waals surface area contributed by atoms with E-state index < -0.39 is 10.0 Å². The highest BCUT2D eigenvalue weighted by atomic mass is 32.2. The second-order valence-electron chi connectivity index (χ2n) is 5.37. The van der Waals surface area contributed by atoms with Crippen LogP contribution < -0.4 is 10.0 Å². The Labute approximate surface area is 98.2 Å². The Bertz CT molecular complexity index is 317. The summed E-state index contributed by atoms with van der Waals surface area (Å²) in [4.78, 5) is 0. The van der Waals surface area contributed by atoms with Crippen molar-refractivity contribution in [1.82, 2.24) is 10.0 Å². The van der Waals surface area contributed by atoms with Crippen molar-refractivity contribution in [3.63, 3.8) is 0 Å². The van der Waals surface area contributed by atoms with Gasteiger partial charge in [-0.2, -0.15) is 0 Å². The molecule has 0 aromatic heterocycles. The average molecular weight is 246 g/mol. The fraction of sp³-hybridized carbons (Fsp3) is 1.00. The highest BCUT2D eigenvalue weighted by Gasteiger charge is 2.30. The summed E-state index contributed by atoms with van der Waals surface area (Å²) >= 11 is 0. The molecule has 1 saturated heterocycles. The van der Waals surface area contributed by atoms with Crippen LogP contribution in [0.4, 0.5) is 0 Å². The summed E-state index contributed by atoms with van der Waals surface area (Å²) in [5.74, 6) is 1.35. The van der Waals surface area contributed by atoms with Gasteiger partial charge in [0.05, 0.1) is 5.75 Å². The molecule has 0 bridgehead atoms. The molecule has 0 amide bonds. The number of piperidine rings is 1. The van der Waals surface area contributed by atoms with Crippen LogP contribution in [-0.4, -0.2) is 33.3 Å². The molecule has 5 heteroatoms. The molecule has 0 spiro atoms. The van der Waals surface area contributed by atoms with Gasteiger partial charge in [0.1, 0.15) is 0 Å². The zero-order chi connectivity index (χ0) is 11.6. The fourth-order valence-corrected chi connectivity index (χ4v) is 4.41. The number of sulfonamides is 1. The van der Waals surface area contributed by atoms with Crippen molar-refractivity contribution in [2.45, 2.75) is 38.6 Å². The van der Waals surface area contributed by atoms with Crippen LogP contribution in [0.1, 0.15) is 32.6 Å². The first-order valence-corrected chi connectivity index (χ1v) is 7.91. The van der Waals surface area contributed by atoms with Crippen molar-refractivity contribution in [1.29, 1.82) is 0 Å². The Morgan fingerprint density at radius 3 is 2.44 bits per heavy atom. The lowest BCUT2D eigenvalue weighted by Crippen LogP contribution is -2.45. The number of nitrogens with one attached hydrogen (secondary N) is 2. The fourth-order valence-electron chi connectivity index (χ4n) is 2.66. The van der Waals surface area contributed by atoms with E-state index in [0.717, 1.165) is 38.8 Å². The molecule has 0 unspecified atom stereocenters. The van der Waals surface area contributed by atoms with Gasteiger partial charge in [0, 0.05) is 6.04 Å². The van der Waals surface area contributed by atoms with Gasteiger partial charge in [0.2, 0.25) is 10.0 Å². The molecule has 1 heterocycles. The van der Waals surface area contributed by atoms with Crippen LogP contribution in [0.5, 0.6) is 0 Å². The van der Waals surface area contributed by atoms with E-state index in [1.54, 1.807) is 0 Å². The van der Waals surface area contributed by atoms with Gasteiger partial charge in [-0.1, -0.05) is 6.92 Å². The van der Waals surface area contributed by atoms with Crippen molar-refractivity contribution in [3.05, 3.63) is 0 Å². The third-order valence-corrected chi connectivity index (χ3v) is 5.24. The molecule has 1 saturated carbocycles. The molecule has 4 nitrogen and oxygen atoms in total. The smallest absolute Gasteiger partial charge is 0.212 e. The molecule has 1 aliphatic heterocycles. The highest BCUT2D eigenvalue weighted by molar-refractivity contribution is 7.89. The average Bonchev–Trinajstić information content (AvgIpc) is 2.15. The Balaban J connectivity index is 1.78. The molecule has 94 valence electrons. The monoisotopic (exact) mass is 246 g/mol. The van der Waals surface area contributed by atoms with Crippen molar-refractivity contribution in [2.24, 2.45) is 11.8 Å². The van der Waals surface area contributed by atoms with Crippen LogP contribution in [0.3, 0.4) is 0 Å². The Kier molecular flexibility index (Phi) is 3.87. The Morgan fingerprint density at radius 1 is 1.25 bits per heavy atom. The van der Waals surface area contributed by atoms with Crippen LogP contribution >= 0.6 is 0 Å². The molecule has 0 radical (unpaired) electrons. The summed E-state index contributed by atoms with van der Waals surface area (Å²) in [7, 11) is -3.04. The first-order valence-electron chi connectivity index (χ1n) is 6.26. The van der Waals surface area contributed by atoms with Crippen LogP contribution in [0, 0.1) is 11.8 Å². The van der Waals surface area contributed by atoms with E-state index >= 15 is 0 Å². The van der Waals surface area contributed by atoms with Crippen molar-refractivity contribution in [3.8, 4) is 0 Å². The molecule has 1 aliphatic carbocycles. The third-order valence-electron chi connectivity index (χ3n) is 3.63. The lowest BCUT2D eigenvalue weighted by Gasteiger charge is -2.33. The Hall–Kier alpha value is -0.130. The predicted molar refractivity (Wildman–Crippen MR) is 64.7 cm³/mol. The van der Waals surface area contributed by atoms with E-state index in [0.29, 0.717) is 17.6 Å². The molecule has 0 aromatic carbocycles. The summed E-state index contributed by atoms with van der Waals surface area (Å²) in [5, 5.41) is 3.25. The second-order valence-corrected chi connectivity index (χ2v) is 7.16. The van der Waals surface area contributed by atoms with Gasteiger partial charge in [-0.05, 0) is 50.6 Å². The van der Waals surface area contributed by atoms with E-state index in [1.165, 1.54) is 0 Å². The lowest BCUT2D eigenvalue weighted by atomic mass is 9.83. The van der Waals surface area contributed by atoms with Crippen LogP contribution in [0.25, 0.3) is 0 Å². The third kappa shape index (κ3) is 3.43. The zero-order valence-corrected chi connectivity index (χ0v) is 10.7. The molecule has 2 fully saturated rings. The largest absolute Gasteiger partial charge is 0.317 e. The second kappa shape index (κ2) is 5.02. The van der Waals surface area contributed by atoms with Gasteiger partial charge < -0.3 is 5.32 Å². The number of hydrogen-bond acceptors (Lipinski definition) is 3. The first-order chi connectivity index (χ1) is 7.55. The predicted octanol–water partition coefficient (Wildman–Crippen LogP) is 0.704. The SMILES string of the molecule is CC1CC(NS(=O)(=O)CC2CCNCC2)C1. The van der Waals surface area contributed by atoms with Gasteiger partial charge in [-0.3, -0.25) is 0 Å². The zero-order valence-electron chi connectivity index (χ0n) is 9.91. The maximum atomic E-state index is 11.9.